The number of hydrogen-bond donors (Lipinski definition) is 0. The van der Waals surface area contributed by atoms with Gasteiger partial charge in [0.05, 0.1) is 11.7 Å². The molecule has 25 heavy (non-hydrogen) atoms. The average molecular weight is 332 g/mol. The van der Waals surface area contributed by atoms with E-state index in [0.717, 1.165) is 44.8 Å². The molecule has 1 unspecified atom stereocenters. The van der Waals surface area contributed by atoms with Gasteiger partial charge in [-0.05, 0) is 49.1 Å². The van der Waals surface area contributed by atoms with Gasteiger partial charge in [-0.15, -0.1) is 0 Å². The largest absolute Gasteiger partial charge is 0.361 e. The Morgan fingerprint density at radius 3 is 2.40 bits per heavy atom. The van der Waals surface area contributed by atoms with Gasteiger partial charge in [-0.25, -0.2) is 0 Å². The van der Waals surface area contributed by atoms with Gasteiger partial charge in [0.25, 0.3) is 5.91 Å². The van der Waals surface area contributed by atoms with E-state index in [-0.39, 0.29) is 11.9 Å². The summed E-state index contributed by atoms with van der Waals surface area (Å²) in [6.07, 6.45) is 0. The van der Waals surface area contributed by atoms with E-state index in [0.29, 0.717) is 0 Å². The molecule has 1 aromatic heterocycles. The molecule has 4 heteroatoms. The number of fused-ring (bicyclic) bond motifs is 1. The third-order valence-electron chi connectivity index (χ3n) is 5.02. The summed E-state index contributed by atoms with van der Waals surface area (Å²) in [4.78, 5) is 14.7. The quantitative estimate of drug-likeness (QED) is 0.697. The molecule has 0 N–H and O–H groups in total. The van der Waals surface area contributed by atoms with Gasteiger partial charge >= 0.3 is 0 Å². The molecule has 2 aromatic carbocycles. The number of hydrogen-bond acceptors (Lipinski definition) is 3. The Morgan fingerprint density at radius 1 is 1.04 bits per heavy atom. The molecule has 1 aliphatic rings. The van der Waals surface area contributed by atoms with Crippen molar-refractivity contribution in [1.29, 1.82) is 0 Å². The average Bonchev–Trinajstić information content (AvgIpc) is 3.05. The second kappa shape index (κ2) is 5.59. The first-order chi connectivity index (χ1) is 12.0. The Bertz CT molecular complexity index is 954. The molecule has 0 radical (unpaired) electrons. The fourth-order valence-electron chi connectivity index (χ4n) is 3.90. The van der Waals surface area contributed by atoms with Gasteiger partial charge in [-0.2, -0.15) is 0 Å². The summed E-state index contributed by atoms with van der Waals surface area (Å²) in [5, 5.41) is 4.07. The lowest BCUT2D eigenvalue weighted by molar-refractivity contribution is 0.0793. The first-order valence-electron chi connectivity index (χ1n) is 8.39. The van der Waals surface area contributed by atoms with Crippen molar-refractivity contribution in [2.75, 3.05) is 7.05 Å². The highest BCUT2D eigenvalue weighted by Crippen LogP contribution is 2.41. The van der Waals surface area contributed by atoms with Gasteiger partial charge < -0.3 is 9.42 Å². The summed E-state index contributed by atoms with van der Waals surface area (Å²) in [7, 11) is 1.87. The Labute approximate surface area is 147 Å². The van der Waals surface area contributed by atoms with Crippen molar-refractivity contribution < 1.29 is 9.32 Å². The number of carbonyl (C=O) groups excluding carboxylic acids is 1. The lowest BCUT2D eigenvalue weighted by atomic mass is 9.91. The zero-order valence-corrected chi connectivity index (χ0v) is 14.8. The molecular weight excluding hydrogens is 312 g/mol. The zero-order chi connectivity index (χ0) is 17.7. The minimum absolute atomic E-state index is 0.0668. The lowest BCUT2D eigenvalue weighted by Gasteiger charge is -2.21. The second-order valence-electron chi connectivity index (χ2n) is 6.69. The molecule has 0 bridgehead atoms. The number of nitrogens with zero attached hydrogens (tertiary/aromatic N) is 2. The summed E-state index contributed by atoms with van der Waals surface area (Å²) in [5.74, 6) is 0.873. The number of rotatable bonds is 2. The van der Waals surface area contributed by atoms with Crippen molar-refractivity contribution in [1.82, 2.24) is 10.1 Å². The highest BCUT2D eigenvalue weighted by atomic mass is 16.5. The van der Waals surface area contributed by atoms with Crippen LogP contribution in [0.4, 0.5) is 0 Å². The molecule has 4 nitrogen and oxygen atoms in total. The number of aryl methyl sites for hydroxylation is 3. The predicted molar refractivity (Wildman–Crippen MR) is 96.5 cm³/mol. The molecule has 1 atom stereocenters. The second-order valence-corrected chi connectivity index (χ2v) is 6.69. The third kappa shape index (κ3) is 2.29. The van der Waals surface area contributed by atoms with E-state index in [9.17, 15) is 4.79 Å². The van der Waals surface area contributed by atoms with E-state index in [1.165, 1.54) is 0 Å². The van der Waals surface area contributed by atoms with Crippen LogP contribution in [0, 0.1) is 20.8 Å². The van der Waals surface area contributed by atoms with E-state index in [1.54, 1.807) is 0 Å². The monoisotopic (exact) mass is 332 g/mol. The topological polar surface area (TPSA) is 46.3 Å². The van der Waals surface area contributed by atoms with Gasteiger partial charge in [-0.1, -0.05) is 41.6 Å². The van der Waals surface area contributed by atoms with Crippen molar-refractivity contribution in [3.05, 3.63) is 76.2 Å². The minimum atomic E-state index is -0.0668. The summed E-state index contributed by atoms with van der Waals surface area (Å²) in [6.45, 7) is 5.86. The predicted octanol–water partition coefficient (Wildman–Crippen LogP) is 4.44. The van der Waals surface area contributed by atoms with Crippen LogP contribution in [0.5, 0.6) is 0 Å². The third-order valence-corrected chi connectivity index (χ3v) is 5.02. The summed E-state index contributed by atoms with van der Waals surface area (Å²) in [6, 6.07) is 14.3. The molecule has 1 aliphatic heterocycles. The maximum Gasteiger partial charge on any atom is 0.255 e. The Morgan fingerprint density at radius 2 is 1.76 bits per heavy atom. The standard InChI is InChI=1S/C21H20N2O2/c1-12-10-16(19-13(2)22-25-14(19)3)11-17-18(12)21(24)23(4)20(17)15-8-6-5-7-9-15/h5-11,20H,1-4H3. The molecule has 0 spiro atoms. The maximum atomic E-state index is 12.8. The molecule has 2 heterocycles. The Kier molecular flexibility index (Phi) is 3.49. The molecule has 3 aromatic rings. The van der Waals surface area contributed by atoms with Crippen LogP contribution in [-0.4, -0.2) is 23.0 Å². The molecule has 1 amide bonds. The molecule has 0 saturated heterocycles. The van der Waals surface area contributed by atoms with Crippen LogP contribution in [-0.2, 0) is 0 Å². The van der Waals surface area contributed by atoms with Crippen molar-refractivity contribution in [2.45, 2.75) is 26.8 Å². The summed E-state index contributed by atoms with van der Waals surface area (Å²) in [5.41, 5.74) is 6.90. The number of aromatic nitrogens is 1. The van der Waals surface area contributed by atoms with Gasteiger partial charge in [-0.3, -0.25) is 4.79 Å². The Balaban J connectivity index is 1.95. The van der Waals surface area contributed by atoms with Crippen molar-refractivity contribution in [3.8, 4) is 11.1 Å². The highest BCUT2D eigenvalue weighted by molar-refractivity contribution is 6.01. The van der Waals surface area contributed by atoms with Crippen LogP contribution in [0.25, 0.3) is 11.1 Å². The van der Waals surface area contributed by atoms with E-state index in [4.69, 9.17) is 4.52 Å². The number of carbonyl (C=O) groups is 1. The Hall–Kier alpha value is -2.88. The first-order valence-corrected chi connectivity index (χ1v) is 8.39. The first kappa shape index (κ1) is 15.6. The van der Waals surface area contributed by atoms with Crippen molar-refractivity contribution in [2.24, 2.45) is 0 Å². The molecule has 0 saturated carbocycles. The van der Waals surface area contributed by atoms with Crippen LogP contribution in [0.1, 0.15) is 44.5 Å². The van der Waals surface area contributed by atoms with Gasteiger partial charge in [0, 0.05) is 18.2 Å². The van der Waals surface area contributed by atoms with E-state index < -0.39 is 0 Å². The van der Waals surface area contributed by atoms with Crippen LogP contribution in [0.15, 0.2) is 47.0 Å². The van der Waals surface area contributed by atoms with Crippen LogP contribution in [0.3, 0.4) is 0 Å². The smallest absolute Gasteiger partial charge is 0.255 e. The molecule has 4 rings (SSSR count). The van der Waals surface area contributed by atoms with Crippen LogP contribution in [0.2, 0.25) is 0 Å². The number of benzene rings is 2. The summed E-state index contributed by atoms with van der Waals surface area (Å²) < 4.78 is 5.34. The summed E-state index contributed by atoms with van der Waals surface area (Å²) >= 11 is 0. The molecule has 126 valence electrons. The number of amides is 1. The molecule has 0 aliphatic carbocycles. The lowest BCUT2D eigenvalue weighted by Crippen LogP contribution is -2.23. The van der Waals surface area contributed by atoms with E-state index in [1.807, 2.05) is 50.9 Å². The normalized spacial score (nSPS) is 16.4. The minimum Gasteiger partial charge on any atom is -0.361 e. The van der Waals surface area contributed by atoms with Gasteiger partial charge in [0.15, 0.2) is 0 Å². The van der Waals surface area contributed by atoms with Gasteiger partial charge in [0.1, 0.15) is 5.76 Å². The SMILES string of the molecule is Cc1cc(-c2c(C)noc2C)cc2c1C(=O)N(C)C2c1ccccc1. The van der Waals surface area contributed by atoms with Crippen LogP contribution >= 0.6 is 0 Å². The highest BCUT2D eigenvalue weighted by Gasteiger charge is 2.37. The van der Waals surface area contributed by atoms with E-state index in [2.05, 4.69) is 29.4 Å². The fraction of sp³-hybridized carbons (Fsp3) is 0.238. The van der Waals surface area contributed by atoms with Crippen molar-refractivity contribution >= 4 is 5.91 Å². The molecular formula is C21H20N2O2. The fourth-order valence-corrected chi connectivity index (χ4v) is 3.90. The zero-order valence-electron chi connectivity index (χ0n) is 14.8. The van der Waals surface area contributed by atoms with Gasteiger partial charge in [0.2, 0.25) is 0 Å². The van der Waals surface area contributed by atoms with Crippen molar-refractivity contribution in [3.63, 3.8) is 0 Å². The molecule has 0 fully saturated rings. The van der Waals surface area contributed by atoms with E-state index >= 15 is 0 Å². The van der Waals surface area contributed by atoms with Crippen LogP contribution < -0.4 is 0 Å². The maximum absolute atomic E-state index is 12.8.